The van der Waals surface area contributed by atoms with E-state index in [9.17, 15) is 0 Å². The summed E-state index contributed by atoms with van der Waals surface area (Å²) in [5, 5.41) is 0.643. The van der Waals surface area contributed by atoms with E-state index in [0.29, 0.717) is 23.3 Å². The summed E-state index contributed by atoms with van der Waals surface area (Å²) in [6.45, 7) is 1.18. The van der Waals surface area contributed by atoms with E-state index in [-0.39, 0.29) is 0 Å². The number of thiocarbonyl (C=S) groups is 2. The van der Waals surface area contributed by atoms with Crippen molar-refractivity contribution in [2.45, 2.75) is 0 Å². The van der Waals surface area contributed by atoms with Crippen LogP contribution in [0.4, 0.5) is 11.4 Å². The Hall–Kier alpha value is -2.18. The predicted molar refractivity (Wildman–Crippen MR) is 101 cm³/mol. The molecule has 0 aromatic heterocycles. The van der Waals surface area contributed by atoms with Gasteiger partial charge in [0.2, 0.25) is 0 Å². The van der Waals surface area contributed by atoms with Crippen LogP contribution in [0.1, 0.15) is 0 Å². The highest BCUT2D eigenvalue weighted by Crippen LogP contribution is 2.16. The molecule has 2 aromatic rings. The van der Waals surface area contributed by atoms with Gasteiger partial charge in [-0.15, -0.1) is 0 Å². The lowest BCUT2D eigenvalue weighted by Gasteiger charge is -2.28. The summed E-state index contributed by atoms with van der Waals surface area (Å²) in [4.78, 5) is 3.73. The number of para-hydroxylation sites is 2. The van der Waals surface area contributed by atoms with Gasteiger partial charge in [-0.05, 0) is 48.7 Å². The largest absolute Gasteiger partial charge is 0.376 e. The lowest BCUT2D eigenvalue weighted by molar-refractivity contribution is 0.919. The van der Waals surface area contributed by atoms with Crippen molar-refractivity contribution in [1.82, 2.24) is 0 Å². The first-order chi connectivity index (χ1) is 10.6. The number of nitrogens with two attached hydrogens (primary N) is 2. The lowest BCUT2D eigenvalue weighted by atomic mass is 10.2. The van der Waals surface area contributed by atoms with E-state index >= 15 is 0 Å². The molecule has 0 saturated carbocycles. The van der Waals surface area contributed by atoms with Gasteiger partial charge in [-0.25, -0.2) is 0 Å². The molecule has 0 radical (unpaired) electrons. The molecular weight excluding hydrogens is 312 g/mol. The molecule has 6 heteroatoms. The molecule has 0 bridgehead atoms. The molecule has 0 aliphatic rings. The molecule has 2 aromatic carbocycles. The van der Waals surface area contributed by atoms with Crippen LogP contribution in [0.2, 0.25) is 0 Å². The Morgan fingerprint density at radius 2 is 1.00 bits per heavy atom. The summed E-state index contributed by atoms with van der Waals surface area (Å²) in [7, 11) is 0. The normalized spacial score (nSPS) is 10.0. The van der Waals surface area contributed by atoms with Gasteiger partial charge >= 0.3 is 0 Å². The molecule has 2 rings (SSSR count). The van der Waals surface area contributed by atoms with Gasteiger partial charge in [0.1, 0.15) is 0 Å². The molecule has 4 N–H and O–H groups in total. The van der Waals surface area contributed by atoms with Gasteiger partial charge in [-0.3, -0.25) is 0 Å². The highest BCUT2D eigenvalue weighted by atomic mass is 32.1. The van der Waals surface area contributed by atoms with Gasteiger partial charge in [0.05, 0.1) is 0 Å². The van der Waals surface area contributed by atoms with E-state index in [4.69, 9.17) is 35.9 Å². The van der Waals surface area contributed by atoms with Crippen LogP contribution >= 0.6 is 24.4 Å². The fourth-order valence-electron chi connectivity index (χ4n) is 2.15. The second kappa shape index (κ2) is 7.72. The summed E-state index contributed by atoms with van der Waals surface area (Å²) in [5.41, 5.74) is 13.6. The van der Waals surface area contributed by atoms with Crippen LogP contribution < -0.4 is 21.3 Å². The van der Waals surface area contributed by atoms with E-state index in [1.54, 1.807) is 0 Å². The van der Waals surface area contributed by atoms with Gasteiger partial charge in [0.25, 0.3) is 0 Å². The van der Waals surface area contributed by atoms with Crippen molar-refractivity contribution in [3.63, 3.8) is 0 Å². The van der Waals surface area contributed by atoms with E-state index in [0.717, 1.165) is 11.4 Å². The van der Waals surface area contributed by atoms with Crippen LogP contribution in [0.3, 0.4) is 0 Å². The minimum Gasteiger partial charge on any atom is -0.376 e. The summed E-state index contributed by atoms with van der Waals surface area (Å²) in [6.07, 6.45) is 0. The molecule has 0 atom stereocenters. The first-order valence-corrected chi connectivity index (χ1v) is 7.65. The Balaban J connectivity index is 2.14. The molecule has 0 saturated heterocycles. The Labute approximate surface area is 141 Å². The van der Waals surface area contributed by atoms with Crippen LogP contribution in [0, 0.1) is 0 Å². The minimum absolute atomic E-state index is 0.321. The average molecular weight is 330 g/mol. The third-order valence-electron chi connectivity index (χ3n) is 3.22. The molecule has 0 spiro atoms. The molecule has 0 amide bonds. The smallest absolute Gasteiger partial charge is 0.170 e. The van der Waals surface area contributed by atoms with Crippen LogP contribution in [-0.4, -0.2) is 23.3 Å². The van der Waals surface area contributed by atoms with Crippen LogP contribution in [0.15, 0.2) is 60.7 Å². The van der Waals surface area contributed by atoms with Gasteiger partial charge in [0, 0.05) is 24.5 Å². The zero-order valence-electron chi connectivity index (χ0n) is 12.1. The fourth-order valence-corrected chi connectivity index (χ4v) is 2.54. The maximum absolute atomic E-state index is 5.84. The standard InChI is InChI=1S/C16H18N4S2/c17-15(21)19(13-7-3-1-4-8-13)11-12-20(16(18)22)14-9-5-2-6-10-14/h1-10H,11-12H2,(H2,17,21)(H2,18,22). The van der Waals surface area contributed by atoms with E-state index in [2.05, 4.69) is 0 Å². The van der Waals surface area contributed by atoms with Crippen molar-refractivity contribution < 1.29 is 0 Å². The van der Waals surface area contributed by atoms with Crippen LogP contribution in [-0.2, 0) is 0 Å². The molecule has 0 fully saturated rings. The second-order valence-electron chi connectivity index (χ2n) is 4.65. The number of benzene rings is 2. The molecule has 0 unspecified atom stereocenters. The highest BCUT2D eigenvalue weighted by molar-refractivity contribution is 7.80. The van der Waals surface area contributed by atoms with Crippen LogP contribution in [0.5, 0.6) is 0 Å². The lowest BCUT2D eigenvalue weighted by Crippen LogP contribution is -2.45. The van der Waals surface area contributed by atoms with Crippen molar-refractivity contribution in [1.29, 1.82) is 0 Å². The number of hydrogen-bond acceptors (Lipinski definition) is 2. The summed E-state index contributed by atoms with van der Waals surface area (Å²) < 4.78 is 0. The van der Waals surface area contributed by atoms with Crippen molar-refractivity contribution in [2.24, 2.45) is 11.5 Å². The van der Waals surface area contributed by atoms with Crippen molar-refractivity contribution in [3.05, 3.63) is 60.7 Å². The van der Waals surface area contributed by atoms with Crippen LogP contribution in [0.25, 0.3) is 0 Å². The van der Waals surface area contributed by atoms with Gasteiger partial charge in [-0.1, -0.05) is 36.4 Å². The van der Waals surface area contributed by atoms with Crippen molar-refractivity contribution >= 4 is 46.0 Å². The van der Waals surface area contributed by atoms with E-state index in [1.165, 1.54) is 0 Å². The van der Waals surface area contributed by atoms with Crippen molar-refractivity contribution in [3.8, 4) is 0 Å². The quantitative estimate of drug-likeness (QED) is 0.822. The Kier molecular flexibility index (Phi) is 5.68. The highest BCUT2D eigenvalue weighted by Gasteiger charge is 2.14. The maximum Gasteiger partial charge on any atom is 0.170 e. The van der Waals surface area contributed by atoms with E-state index < -0.39 is 0 Å². The fraction of sp³-hybridized carbons (Fsp3) is 0.125. The molecule has 0 heterocycles. The van der Waals surface area contributed by atoms with Crippen molar-refractivity contribution in [2.75, 3.05) is 22.9 Å². The average Bonchev–Trinajstić information content (AvgIpc) is 2.52. The summed E-state index contributed by atoms with van der Waals surface area (Å²) in [5.74, 6) is 0. The van der Waals surface area contributed by atoms with Gasteiger partial charge in [0.15, 0.2) is 10.2 Å². The molecule has 0 aliphatic heterocycles. The Bertz CT molecular complexity index is 574. The first kappa shape index (κ1) is 16.2. The van der Waals surface area contributed by atoms with E-state index in [1.807, 2.05) is 70.5 Å². The third kappa shape index (κ3) is 4.16. The molecule has 4 nitrogen and oxygen atoms in total. The minimum atomic E-state index is 0.321. The predicted octanol–water partition coefficient (Wildman–Crippen LogP) is 2.49. The Morgan fingerprint density at radius 3 is 1.27 bits per heavy atom. The summed E-state index contributed by atoms with van der Waals surface area (Å²) in [6, 6.07) is 19.6. The van der Waals surface area contributed by atoms with Gasteiger partial charge in [-0.2, -0.15) is 0 Å². The molecule has 22 heavy (non-hydrogen) atoms. The number of hydrogen-bond donors (Lipinski definition) is 2. The topological polar surface area (TPSA) is 58.5 Å². The zero-order valence-corrected chi connectivity index (χ0v) is 13.7. The number of anilines is 2. The Morgan fingerprint density at radius 1 is 0.682 bits per heavy atom. The molecular formula is C16H18N4S2. The second-order valence-corrected chi connectivity index (χ2v) is 5.49. The number of nitrogens with zero attached hydrogens (tertiary/aromatic N) is 2. The SMILES string of the molecule is NC(=S)N(CCN(C(N)=S)c1ccccc1)c1ccccc1. The first-order valence-electron chi connectivity index (χ1n) is 6.83. The monoisotopic (exact) mass is 330 g/mol. The molecule has 0 aliphatic carbocycles. The summed E-state index contributed by atoms with van der Waals surface area (Å²) >= 11 is 10.3. The maximum atomic E-state index is 5.84. The number of rotatable bonds is 5. The zero-order chi connectivity index (χ0) is 15.9. The molecule has 114 valence electrons. The third-order valence-corrected chi connectivity index (χ3v) is 3.66. The van der Waals surface area contributed by atoms with Gasteiger partial charge < -0.3 is 21.3 Å².